The van der Waals surface area contributed by atoms with E-state index in [2.05, 4.69) is 85.9 Å². The van der Waals surface area contributed by atoms with Crippen LogP contribution in [0.25, 0.3) is 10.9 Å². The minimum absolute atomic E-state index is 0.0366. The van der Waals surface area contributed by atoms with Crippen molar-refractivity contribution >= 4 is 56.5 Å². The highest BCUT2D eigenvalue weighted by Gasteiger charge is 2.60. The molecule has 0 unspecified atom stereocenters. The number of rotatable bonds is 8. The summed E-state index contributed by atoms with van der Waals surface area (Å²) in [5, 5.41) is 10.9. The first-order chi connectivity index (χ1) is 19.5. The van der Waals surface area contributed by atoms with Gasteiger partial charge in [-0.05, 0) is 84.7 Å². The van der Waals surface area contributed by atoms with Gasteiger partial charge >= 0.3 is 0 Å². The first-order valence-electron chi connectivity index (χ1n) is 13.9. The van der Waals surface area contributed by atoms with E-state index in [1.807, 2.05) is 19.1 Å². The Morgan fingerprint density at radius 2 is 2.05 bits per heavy atom. The molecule has 214 valence electrons. The third-order valence-corrected chi connectivity index (χ3v) is 9.50. The van der Waals surface area contributed by atoms with Gasteiger partial charge < -0.3 is 16.1 Å². The summed E-state index contributed by atoms with van der Waals surface area (Å²) in [6, 6.07) is 6.74. The van der Waals surface area contributed by atoms with Gasteiger partial charge in [-0.3, -0.25) is 9.99 Å². The Kier molecular flexibility index (Phi) is 7.23. The van der Waals surface area contributed by atoms with Crippen LogP contribution in [-0.4, -0.2) is 27.1 Å². The average Bonchev–Trinajstić information content (AvgIpc) is 3.83. The maximum absolute atomic E-state index is 14.1. The van der Waals surface area contributed by atoms with Crippen LogP contribution in [0.5, 0.6) is 0 Å². The number of hydrazine groups is 2. The minimum Gasteiger partial charge on any atom is -0.383 e. The van der Waals surface area contributed by atoms with Gasteiger partial charge in [0.15, 0.2) is 0 Å². The number of aryl methyl sites for hydroxylation is 1. The summed E-state index contributed by atoms with van der Waals surface area (Å²) in [5.41, 5.74) is 12.5. The molecule has 1 atom stereocenters. The fourth-order valence-electron chi connectivity index (χ4n) is 5.71. The minimum atomic E-state index is -0.505. The number of nitrogens with zero attached hydrogens (tertiary/aromatic N) is 3. The molecule has 1 aromatic carbocycles. The normalized spacial score (nSPS) is 18.7. The van der Waals surface area contributed by atoms with Crippen molar-refractivity contribution in [3.63, 3.8) is 0 Å². The molecule has 1 aliphatic heterocycles. The highest BCUT2D eigenvalue weighted by molar-refractivity contribution is 14.1. The van der Waals surface area contributed by atoms with Crippen molar-refractivity contribution in [2.45, 2.75) is 65.0 Å². The highest BCUT2D eigenvalue weighted by atomic mass is 127. The summed E-state index contributed by atoms with van der Waals surface area (Å²) in [6.07, 6.45) is 12.5. The van der Waals surface area contributed by atoms with Gasteiger partial charge in [0.25, 0.3) is 0 Å². The summed E-state index contributed by atoms with van der Waals surface area (Å²) < 4.78 is 15.2. The van der Waals surface area contributed by atoms with Gasteiger partial charge in [0.2, 0.25) is 5.95 Å². The number of anilines is 2. The topological polar surface area (TPSA) is 77.1 Å². The van der Waals surface area contributed by atoms with Crippen LogP contribution in [-0.2, 0) is 0 Å². The molecule has 0 radical (unpaired) electrons. The summed E-state index contributed by atoms with van der Waals surface area (Å²) >= 11 is 9.25. The second kappa shape index (κ2) is 10.5. The number of nitrogens with one attached hydrogen (secondary N) is 4. The van der Waals surface area contributed by atoms with Crippen LogP contribution in [0.3, 0.4) is 0 Å². The van der Waals surface area contributed by atoms with Crippen molar-refractivity contribution in [1.29, 1.82) is 0 Å². The molecule has 2 aromatic heterocycles. The Bertz CT molecular complexity index is 1600. The lowest BCUT2D eigenvalue weighted by atomic mass is 9.96. The van der Waals surface area contributed by atoms with Gasteiger partial charge in [-0.15, -0.1) is 12.0 Å². The number of halogens is 3. The maximum Gasteiger partial charge on any atom is 0.213 e. The fourth-order valence-corrected chi connectivity index (χ4v) is 7.03. The molecule has 2 fully saturated rings. The lowest BCUT2D eigenvalue weighted by Crippen LogP contribution is -2.47. The van der Waals surface area contributed by atoms with Crippen molar-refractivity contribution in [2.75, 3.05) is 17.2 Å². The van der Waals surface area contributed by atoms with Crippen LogP contribution in [0, 0.1) is 36.5 Å². The molecule has 3 heterocycles. The molecule has 41 heavy (non-hydrogen) atoms. The van der Waals surface area contributed by atoms with Crippen LogP contribution in [0.15, 0.2) is 39.9 Å². The van der Waals surface area contributed by atoms with Crippen molar-refractivity contribution < 1.29 is 4.39 Å². The Balaban J connectivity index is 1.43. The quantitative estimate of drug-likeness (QED) is 0.0866. The fraction of sp³-hybridized carbons (Fsp3) is 0.419. The lowest BCUT2D eigenvalue weighted by Gasteiger charge is -2.29. The van der Waals surface area contributed by atoms with Gasteiger partial charge in [0.05, 0.1) is 39.1 Å². The number of hydrogen-bond donors (Lipinski definition) is 4. The number of fused-ring (bicyclic) bond motifs is 1. The lowest BCUT2D eigenvalue weighted by molar-refractivity contribution is 0.154. The molecular weight excluding hydrogens is 652 g/mol. The van der Waals surface area contributed by atoms with E-state index in [0.29, 0.717) is 21.8 Å². The van der Waals surface area contributed by atoms with Gasteiger partial charge in [0.1, 0.15) is 3.70 Å². The molecule has 0 amide bonds. The predicted octanol–water partition coefficient (Wildman–Crippen LogP) is 7.19. The number of benzene rings is 1. The number of pyridine rings is 2. The molecule has 10 heteroatoms. The van der Waals surface area contributed by atoms with Crippen molar-refractivity contribution in [3.05, 3.63) is 67.7 Å². The number of terminal acetylenes is 1. The molecule has 3 aromatic rings. The Morgan fingerprint density at radius 1 is 1.29 bits per heavy atom. The van der Waals surface area contributed by atoms with Gasteiger partial charge in [-0.25, -0.2) is 4.98 Å². The van der Waals surface area contributed by atoms with Gasteiger partial charge in [0, 0.05) is 35.1 Å². The van der Waals surface area contributed by atoms with E-state index >= 15 is 0 Å². The summed E-state index contributed by atoms with van der Waals surface area (Å²) in [7, 11) is 0. The number of hydrogen-bond acceptors (Lipinski definition) is 7. The first kappa shape index (κ1) is 28.3. The third kappa shape index (κ3) is 5.42. The zero-order valence-electron chi connectivity index (χ0n) is 23.6. The van der Waals surface area contributed by atoms with E-state index in [1.54, 1.807) is 12.3 Å². The van der Waals surface area contributed by atoms with E-state index in [-0.39, 0.29) is 17.0 Å². The first-order valence-corrected chi connectivity index (χ1v) is 15.4. The third-order valence-electron chi connectivity index (χ3n) is 8.15. The van der Waals surface area contributed by atoms with E-state index in [9.17, 15) is 4.39 Å². The van der Waals surface area contributed by atoms with Crippen LogP contribution in [0.2, 0.25) is 5.02 Å². The van der Waals surface area contributed by atoms with Crippen LogP contribution in [0.4, 0.5) is 15.8 Å². The molecular formula is C31H34ClFIN7. The number of aromatic nitrogens is 2. The van der Waals surface area contributed by atoms with Crippen LogP contribution < -0.4 is 21.6 Å². The molecule has 0 bridgehead atoms. The second-order valence-electron chi connectivity index (χ2n) is 12.5. The maximum atomic E-state index is 14.1. The van der Waals surface area contributed by atoms with Crippen molar-refractivity contribution in [3.8, 4) is 12.3 Å². The molecule has 7 nitrogen and oxygen atoms in total. The van der Waals surface area contributed by atoms with Gasteiger partial charge in [-0.1, -0.05) is 44.4 Å². The largest absolute Gasteiger partial charge is 0.383 e. The van der Waals surface area contributed by atoms with E-state index in [1.165, 1.54) is 31.7 Å². The van der Waals surface area contributed by atoms with Crippen molar-refractivity contribution in [2.24, 2.45) is 11.3 Å². The second-order valence-corrected chi connectivity index (χ2v) is 13.9. The predicted molar refractivity (Wildman–Crippen MR) is 172 cm³/mol. The molecule has 6 rings (SSSR count). The van der Waals surface area contributed by atoms with E-state index in [0.717, 1.165) is 44.2 Å². The monoisotopic (exact) mass is 685 g/mol. The molecule has 4 N–H and O–H groups in total. The van der Waals surface area contributed by atoms with Crippen molar-refractivity contribution in [1.82, 2.24) is 25.9 Å². The highest BCUT2D eigenvalue weighted by Crippen LogP contribution is 2.59. The molecule has 0 spiro atoms. The standard InChI is InChI=1S/C31H34ClFIN7/c1-6-18-15-35-26-22(25(18)36-16-30(3,4)5)13-20(14-23(26)32)38-27(21-9-10-24(33)37-17(21)2)28-29(34)41(40-39-28)31(11-12-31)19-7-8-19/h1,9-10,13-15,19,27,38-40H,7-8,11-12,16H2,2-5H3,(H,35,36)/t27-/m0/s1. The summed E-state index contributed by atoms with van der Waals surface area (Å²) in [5.74, 6) is 2.98. The molecule has 3 aliphatic rings. The van der Waals surface area contributed by atoms with E-state index < -0.39 is 5.95 Å². The molecule has 2 saturated carbocycles. The molecule has 0 saturated heterocycles. The summed E-state index contributed by atoms with van der Waals surface area (Å²) in [4.78, 5) is 8.72. The zero-order valence-corrected chi connectivity index (χ0v) is 26.5. The molecule has 2 aliphatic carbocycles. The summed E-state index contributed by atoms with van der Waals surface area (Å²) in [6.45, 7) is 9.05. The SMILES string of the molecule is C#Cc1cnc2c(Cl)cc(N[C@H](C3=C(I)N(C4(C5CC5)CC4)NN3)c3ccc(F)nc3C)cc2c1NCC(C)(C)C. The van der Waals surface area contributed by atoms with Crippen LogP contribution in [0.1, 0.15) is 69.3 Å². The zero-order chi connectivity index (χ0) is 29.1. The van der Waals surface area contributed by atoms with E-state index in [4.69, 9.17) is 18.0 Å². The average molecular weight is 686 g/mol. The van der Waals surface area contributed by atoms with Crippen LogP contribution >= 0.6 is 34.2 Å². The smallest absolute Gasteiger partial charge is 0.213 e. The Hall–Kier alpha value is -2.81. The Morgan fingerprint density at radius 3 is 2.68 bits per heavy atom. The van der Waals surface area contributed by atoms with Gasteiger partial charge in [-0.2, -0.15) is 4.39 Å². The Labute approximate surface area is 259 Å².